The number of aromatic nitrogens is 1. The van der Waals surface area contributed by atoms with E-state index in [9.17, 15) is 4.79 Å². The highest BCUT2D eigenvalue weighted by molar-refractivity contribution is 6.39. The number of carbonyl (C=O) groups is 1. The number of pyridine rings is 1. The van der Waals surface area contributed by atoms with Gasteiger partial charge in [0.15, 0.2) is 0 Å². The number of nitrogens with one attached hydrogen (secondary N) is 2. The first-order valence-electron chi connectivity index (χ1n) is 7.61. The number of carbonyl (C=O) groups excluding carboxylic acids is 1. The number of para-hydroxylation sites is 1. The molecular weight excluding hydrogens is 333 g/mol. The Labute approximate surface area is 145 Å². The van der Waals surface area contributed by atoms with Gasteiger partial charge in [0.05, 0.1) is 15.7 Å². The van der Waals surface area contributed by atoms with Gasteiger partial charge in [0, 0.05) is 17.9 Å². The van der Waals surface area contributed by atoms with E-state index in [-0.39, 0.29) is 11.9 Å². The number of benzene rings is 1. The van der Waals surface area contributed by atoms with Crippen LogP contribution in [-0.2, 0) is 0 Å². The van der Waals surface area contributed by atoms with Gasteiger partial charge in [0.25, 0.3) is 5.91 Å². The Morgan fingerprint density at radius 3 is 2.52 bits per heavy atom. The molecule has 0 saturated heterocycles. The van der Waals surface area contributed by atoms with Crippen LogP contribution >= 0.6 is 23.2 Å². The van der Waals surface area contributed by atoms with Crippen molar-refractivity contribution in [3.63, 3.8) is 0 Å². The van der Waals surface area contributed by atoms with Gasteiger partial charge in [-0.15, -0.1) is 0 Å². The van der Waals surface area contributed by atoms with E-state index in [1.54, 1.807) is 36.5 Å². The van der Waals surface area contributed by atoms with Crippen LogP contribution in [0, 0.1) is 0 Å². The zero-order chi connectivity index (χ0) is 16.2. The fraction of sp³-hybridized carbons (Fsp3) is 0.294. The molecule has 1 fully saturated rings. The molecule has 2 N–H and O–H groups in total. The number of rotatable bonds is 4. The number of anilines is 2. The smallest absolute Gasteiger partial charge is 0.270 e. The monoisotopic (exact) mass is 349 g/mol. The van der Waals surface area contributed by atoms with Crippen molar-refractivity contribution in [2.75, 3.05) is 5.32 Å². The zero-order valence-corrected chi connectivity index (χ0v) is 14.0. The average Bonchev–Trinajstić information content (AvgIpc) is 3.04. The third-order valence-corrected chi connectivity index (χ3v) is 4.55. The van der Waals surface area contributed by atoms with Crippen molar-refractivity contribution in [1.82, 2.24) is 10.3 Å². The van der Waals surface area contributed by atoms with E-state index in [0.717, 1.165) is 12.8 Å². The standard InChI is InChI=1S/C17H17Cl2N3O/c18-13-6-3-7-14(19)16(13)21-12-8-9-20-15(10-12)17(23)22-11-4-1-2-5-11/h3,6-11H,1-2,4-5H2,(H,20,21)(H,22,23). The Kier molecular flexibility index (Phi) is 5.03. The minimum Gasteiger partial charge on any atom is -0.353 e. The van der Waals surface area contributed by atoms with Gasteiger partial charge in [-0.25, -0.2) is 0 Å². The zero-order valence-electron chi connectivity index (χ0n) is 12.5. The molecule has 6 heteroatoms. The summed E-state index contributed by atoms with van der Waals surface area (Å²) in [5, 5.41) is 7.21. The average molecular weight is 350 g/mol. The second-order valence-corrected chi connectivity index (χ2v) is 6.42. The lowest BCUT2D eigenvalue weighted by atomic mass is 10.2. The molecule has 3 rings (SSSR count). The number of halogens is 2. The Bertz CT molecular complexity index is 694. The van der Waals surface area contributed by atoms with Crippen LogP contribution in [0.1, 0.15) is 36.2 Å². The topological polar surface area (TPSA) is 54.0 Å². The van der Waals surface area contributed by atoms with Crippen LogP contribution in [0.2, 0.25) is 10.0 Å². The summed E-state index contributed by atoms with van der Waals surface area (Å²) in [5.74, 6) is -0.147. The number of nitrogens with zero attached hydrogens (tertiary/aromatic N) is 1. The molecule has 1 heterocycles. The van der Waals surface area contributed by atoms with E-state index >= 15 is 0 Å². The molecular formula is C17H17Cl2N3O. The van der Waals surface area contributed by atoms with Crippen molar-refractivity contribution >= 4 is 40.5 Å². The van der Waals surface area contributed by atoms with Gasteiger partial charge in [-0.3, -0.25) is 9.78 Å². The molecule has 0 unspecified atom stereocenters. The second-order valence-electron chi connectivity index (χ2n) is 5.61. The highest BCUT2D eigenvalue weighted by Crippen LogP contribution is 2.32. The maximum absolute atomic E-state index is 12.3. The SMILES string of the molecule is O=C(NC1CCCC1)c1cc(Nc2c(Cl)cccc2Cl)ccn1. The minimum absolute atomic E-state index is 0.147. The fourth-order valence-electron chi connectivity index (χ4n) is 2.72. The Morgan fingerprint density at radius 2 is 1.83 bits per heavy atom. The van der Waals surface area contributed by atoms with Gasteiger partial charge in [-0.05, 0) is 37.1 Å². The van der Waals surface area contributed by atoms with Crippen LogP contribution < -0.4 is 10.6 Å². The second kappa shape index (κ2) is 7.20. The Balaban J connectivity index is 1.75. The first-order chi connectivity index (χ1) is 11.1. The molecule has 0 spiro atoms. The van der Waals surface area contributed by atoms with Crippen molar-refractivity contribution in [2.24, 2.45) is 0 Å². The summed E-state index contributed by atoms with van der Waals surface area (Å²) >= 11 is 12.3. The number of amides is 1. The fourth-order valence-corrected chi connectivity index (χ4v) is 3.22. The molecule has 0 bridgehead atoms. The summed E-state index contributed by atoms with van der Waals surface area (Å²) in [6, 6.07) is 9.02. The number of hydrogen-bond acceptors (Lipinski definition) is 3. The van der Waals surface area contributed by atoms with Crippen LogP contribution in [0.25, 0.3) is 0 Å². The minimum atomic E-state index is -0.147. The van der Waals surface area contributed by atoms with Crippen molar-refractivity contribution in [3.8, 4) is 0 Å². The molecule has 1 aromatic heterocycles. The Hall–Kier alpha value is -1.78. The van der Waals surface area contributed by atoms with Crippen molar-refractivity contribution in [1.29, 1.82) is 0 Å². The molecule has 0 atom stereocenters. The Morgan fingerprint density at radius 1 is 1.13 bits per heavy atom. The molecule has 1 aliphatic rings. The molecule has 120 valence electrons. The van der Waals surface area contributed by atoms with Crippen LogP contribution in [0.3, 0.4) is 0 Å². The quantitative estimate of drug-likeness (QED) is 0.832. The maximum atomic E-state index is 12.3. The summed E-state index contributed by atoms with van der Waals surface area (Å²) in [6.45, 7) is 0. The molecule has 23 heavy (non-hydrogen) atoms. The van der Waals surface area contributed by atoms with Crippen LogP contribution in [0.15, 0.2) is 36.5 Å². The largest absolute Gasteiger partial charge is 0.353 e. The molecule has 4 nitrogen and oxygen atoms in total. The molecule has 1 aromatic carbocycles. The third kappa shape index (κ3) is 3.95. The first kappa shape index (κ1) is 16.1. The van der Waals surface area contributed by atoms with E-state index in [4.69, 9.17) is 23.2 Å². The normalized spacial score (nSPS) is 14.7. The predicted molar refractivity (Wildman–Crippen MR) is 93.7 cm³/mol. The molecule has 1 amide bonds. The first-order valence-corrected chi connectivity index (χ1v) is 8.37. The molecule has 0 radical (unpaired) electrons. The van der Waals surface area contributed by atoms with E-state index < -0.39 is 0 Å². The molecule has 1 saturated carbocycles. The van der Waals surface area contributed by atoms with Gasteiger partial charge in [-0.2, -0.15) is 0 Å². The lowest BCUT2D eigenvalue weighted by Gasteiger charge is -2.13. The van der Waals surface area contributed by atoms with Gasteiger partial charge in [-0.1, -0.05) is 42.1 Å². The van der Waals surface area contributed by atoms with E-state index in [1.165, 1.54) is 12.8 Å². The van der Waals surface area contributed by atoms with Crippen LogP contribution in [0.5, 0.6) is 0 Å². The lowest BCUT2D eigenvalue weighted by molar-refractivity contribution is 0.0933. The van der Waals surface area contributed by atoms with Crippen molar-refractivity contribution in [3.05, 3.63) is 52.3 Å². The van der Waals surface area contributed by atoms with Crippen molar-refractivity contribution in [2.45, 2.75) is 31.7 Å². The van der Waals surface area contributed by atoms with Crippen LogP contribution in [0.4, 0.5) is 11.4 Å². The highest BCUT2D eigenvalue weighted by Gasteiger charge is 2.18. The maximum Gasteiger partial charge on any atom is 0.270 e. The predicted octanol–water partition coefficient (Wildman–Crippen LogP) is 4.80. The van der Waals surface area contributed by atoms with E-state index in [0.29, 0.717) is 27.1 Å². The lowest BCUT2D eigenvalue weighted by Crippen LogP contribution is -2.33. The van der Waals surface area contributed by atoms with E-state index in [1.807, 2.05) is 0 Å². The summed E-state index contributed by atoms with van der Waals surface area (Å²) in [4.78, 5) is 16.4. The highest BCUT2D eigenvalue weighted by atomic mass is 35.5. The summed E-state index contributed by atoms with van der Waals surface area (Å²) < 4.78 is 0. The molecule has 2 aromatic rings. The van der Waals surface area contributed by atoms with Crippen molar-refractivity contribution < 1.29 is 4.79 Å². The summed E-state index contributed by atoms with van der Waals surface area (Å²) in [7, 11) is 0. The summed E-state index contributed by atoms with van der Waals surface area (Å²) in [6.07, 6.45) is 6.02. The van der Waals surface area contributed by atoms with Gasteiger partial charge in [0.1, 0.15) is 5.69 Å². The summed E-state index contributed by atoms with van der Waals surface area (Å²) in [5.41, 5.74) is 1.71. The number of hydrogen-bond donors (Lipinski definition) is 2. The molecule has 0 aliphatic heterocycles. The van der Waals surface area contributed by atoms with Crippen LogP contribution in [-0.4, -0.2) is 16.9 Å². The van der Waals surface area contributed by atoms with Gasteiger partial charge in [0.2, 0.25) is 0 Å². The third-order valence-electron chi connectivity index (χ3n) is 3.92. The van der Waals surface area contributed by atoms with Gasteiger partial charge < -0.3 is 10.6 Å². The van der Waals surface area contributed by atoms with E-state index in [2.05, 4.69) is 15.6 Å². The van der Waals surface area contributed by atoms with Gasteiger partial charge >= 0.3 is 0 Å². The molecule has 1 aliphatic carbocycles.